The van der Waals surface area contributed by atoms with Crippen LogP contribution in [0.25, 0.3) is 10.8 Å². The van der Waals surface area contributed by atoms with E-state index in [2.05, 4.69) is 15.2 Å². The third-order valence-corrected chi connectivity index (χ3v) is 3.42. The Hall–Kier alpha value is -2.20. The first-order valence-electron chi connectivity index (χ1n) is 6.15. The molecule has 2 heterocycles. The van der Waals surface area contributed by atoms with Gasteiger partial charge in [0.05, 0.1) is 12.8 Å². The van der Waals surface area contributed by atoms with E-state index < -0.39 is 0 Å². The van der Waals surface area contributed by atoms with E-state index in [0.29, 0.717) is 11.6 Å². The molecule has 0 aliphatic heterocycles. The molecular formula is C15H12ClN3O. The number of benzene rings is 1. The molecule has 0 fully saturated rings. The maximum absolute atomic E-state index is 6.12. The molecule has 20 heavy (non-hydrogen) atoms. The largest absolute Gasteiger partial charge is 0.497 e. The van der Waals surface area contributed by atoms with Crippen LogP contribution in [-0.4, -0.2) is 22.3 Å². The molecule has 0 N–H and O–H groups in total. The van der Waals surface area contributed by atoms with Crippen LogP contribution in [-0.2, 0) is 6.42 Å². The van der Waals surface area contributed by atoms with E-state index in [1.54, 1.807) is 19.5 Å². The van der Waals surface area contributed by atoms with E-state index in [9.17, 15) is 0 Å². The van der Waals surface area contributed by atoms with E-state index in [1.165, 1.54) is 0 Å². The second-order valence-corrected chi connectivity index (χ2v) is 4.74. The molecule has 0 spiro atoms. The van der Waals surface area contributed by atoms with Crippen molar-refractivity contribution < 1.29 is 4.74 Å². The second-order valence-electron chi connectivity index (χ2n) is 4.38. The maximum Gasteiger partial charge on any atom is 0.159 e. The predicted octanol–water partition coefficient (Wildman–Crippen LogP) is 3.28. The molecular weight excluding hydrogens is 274 g/mol. The van der Waals surface area contributed by atoms with Gasteiger partial charge in [0.25, 0.3) is 0 Å². The molecule has 0 aliphatic carbocycles. The van der Waals surface area contributed by atoms with Crippen molar-refractivity contribution in [3.05, 3.63) is 59.1 Å². The summed E-state index contributed by atoms with van der Waals surface area (Å²) in [7, 11) is 1.63. The van der Waals surface area contributed by atoms with E-state index in [0.717, 1.165) is 27.8 Å². The maximum atomic E-state index is 6.12. The van der Waals surface area contributed by atoms with Gasteiger partial charge in [-0.25, -0.2) is 0 Å². The number of hydrogen-bond donors (Lipinski definition) is 0. The minimum Gasteiger partial charge on any atom is -0.497 e. The Labute approximate surface area is 121 Å². The highest BCUT2D eigenvalue weighted by atomic mass is 35.5. The molecule has 4 nitrogen and oxygen atoms in total. The summed E-state index contributed by atoms with van der Waals surface area (Å²) < 4.78 is 5.22. The summed E-state index contributed by atoms with van der Waals surface area (Å²) in [5, 5.41) is 10.5. The molecule has 0 saturated heterocycles. The first-order valence-corrected chi connectivity index (χ1v) is 6.53. The lowest BCUT2D eigenvalue weighted by Gasteiger charge is -2.08. The topological polar surface area (TPSA) is 47.9 Å². The molecule has 2 aromatic heterocycles. The number of fused-ring (bicyclic) bond motifs is 1. The van der Waals surface area contributed by atoms with Gasteiger partial charge in [0.2, 0.25) is 0 Å². The van der Waals surface area contributed by atoms with Gasteiger partial charge >= 0.3 is 0 Å². The highest BCUT2D eigenvalue weighted by Crippen LogP contribution is 2.28. The smallest absolute Gasteiger partial charge is 0.159 e. The monoisotopic (exact) mass is 285 g/mol. The van der Waals surface area contributed by atoms with Crippen molar-refractivity contribution in [2.45, 2.75) is 6.42 Å². The minimum atomic E-state index is 0.386. The van der Waals surface area contributed by atoms with Crippen LogP contribution in [0.3, 0.4) is 0 Å². The summed E-state index contributed by atoms with van der Waals surface area (Å²) in [5.74, 6) is 0.752. The Morgan fingerprint density at radius 2 is 1.85 bits per heavy atom. The van der Waals surface area contributed by atoms with Gasteiger partial charge < -0.3 is 4.74 Å². The zero-order valence-electron chi connectivity index (χ0n) is 10.9. The molecule has 0 saturated carbocycles. The van der Waals surface area contributed by atoms with Crippen molar-refractivity contribution in [1.29, 1.82) is 0 Å². The average molecular weight is 286 g/mol. The van der Waals surface area contributed by atoms with Crippen LogP contribution in [0.15, 0.2) is 42.7 Å². The van der Waals surface area contributed by atoms with Crippen LogP contribution in [0.5, 0.6) is 5.75 Å². The number of aromatic nitrogens is 3. The van der Waals surface area contributed by atoms with Crippen molar-refractivity contribution in [3.8, 4) is 5.75 Å². The van der Waals surface area contributed by atoms with Crippen molar-refractivity contribution in [1.82, 2.24) is 15.2 Å². The minimum absolute atomic E-state index is 0.386. The Bertz CT molecular complexity index is 747. The Morgan fingerprint density at radius 1 is 1.05 bits per heavy atom. The standard InChI is InChI=1S/C15H12ClN3O/c1-20-11-2-3-12-13(9-11)15(16)19-18-14(12)8-10-4-6-17-7-5-10/h2-7,9H,8H2,1H3. The molecule has 0 amide bonds. The zero-order chi connectivity index (χ0) is 13.9. The van der Waals surface area contributed by atoms with Crippen molar-refractivity contribution in [2.24, 2.45) is 0 Å². The fourth-order valence-electron chi connectivity index (χ4n) is 2.11. The van der Waals surface area contributed by atoms with Crippen LogP contribution in [0.1, 0.15) is 11.3 Å². The Balaban J connectivity index is 2.10. The summed E-state index contributed by atoms with van der Waals surface area (Å²) in [4.78, 5) is 4.01. The van der Waals surface area contributed by atoms with Crippen LogP contribution < -0.4 is 4.74 Å². The van der Waals surface area contributed by atoms with Gasteiger partial charge in [0.15, 0.2) is 5.15 Å². The lowest BCUT2D eigenvalue weighted by molar-refractivity contribution is 0.415. The number of ether oxygens (including phenoxy) is 1. The van der Waals surface area contributed by atoms with Crippen LogP contribution in [0, 0.1) is 0 Å². The van der Waals surface area contributed by atoms with Gasteiger partial charge in [0.1, 0.15) is 5.75 Å². The molecule has 5 heteroatoms. The molecule has 100 valence electrons. The van der Waals surface area contributed by atoms with Gasteiger partial charge in [-0.1, -0.05) is 11.6 Å². The fourth-order valence-corrected chi connectivity index (χ4v) is 2.30. The summed E-state index contributed by atoms with van der Waals surface area (Å²) in [6.45, 7) is 0. The molecule has 1 aromatic carbocycles. The lowest BCUT2D eigenvalue weighted by atomic mass is 10.1. The highest BCUT2D eigenvalue weighted by Gasteiger charge is 2.09. The number of methoxy groups -OCH3 is 1. The summed E-state index contributed by atoms with van der Waals surface area (Å²) in [5.41, 5.74) is 2.02. The Morgan fingerprint density at radius 3 is 2.60 bits per heavy atom. The number of nitrogens with zero attached hydrogens (tertiary/aromatic N) is 3. The van der Waals surface area contributed by atoms with Crippen LogP contribution >= 0.6 is 11.6 Å². The summed E-state index contributed by atoms with van der Waals surface area (Å²) in [6.07, 6.45) is 4.23. The summed E-state index contributed by atoms with van der Waals surface area (Å²) >= 11 is 6.12. The third kappa shape index (κ3) is 2.42. The zero-order valence-corrected chi connectivity index (χ0v) is 11.6. The molecule has 0 radical (unpaired) electrons. The summed E-state index contributed by atoms with van der Waals surface area (Å²) in [6, 6.07) is 9.67. The SMILES string of the molecule is COc1ccc2c(Cc3ccncc3)nnc(Cl)c2c1. The highest BCUT2D eigenvalue weighted by molar-refractivity contribution is 6.34. The van der Waals surface area contributed by atoms with Crippen molar-refractivity contribution >= 4 is 22.4 Å². The molecule has 0 aliphatic rings. The number of rotatable bonds is 3. The Kier molecular flexibility index (Phi) is 3.48. The van der Waals surface area contributed by atoms with Gasteiger partial charge in [-0.05, 0) is 35.9 Å². The number of halogens is 1. The van der Waals surface area contributed by atoms with Crippen molar-refractivity contribution in [2.75, 3.05) is 7.11 Å². The average Bonchev–Trinajstić information content (AvgIpc) is 2.51. The van der Waals surface area contributed by atoms with Crippen molar-refractivity contribution in [3.63, 3.8) is 0 Å². The molecule has 3 rings (SSSR count). The first-order chi connectivity index (χ1) is 9.78. The van der Waals surface area contributed by atoms with E-state index in [4.69, 9.17) is 16.3 Å². The van der Waals surface area contributed by atoms with Crippen LogP contribution in [0.2, 0.25) is 5.15 Å². The van der Waals surface area contributed by atoms with E-state index >= 15 is 0 Å². The van der Waals surface area contributed by atoms with Gasteiger partial charge in [-0.3, -0.25) is 4.98 Å². The molecule has 0 unspecified atom stereocenters. The molecule has 3 aromatic rings. The van der Waals surface area contributed by atoms with E-state index in [-0.39, 0.29) is 0 Å². The van der Waals surface area contributed by atoms with Gasteiger partial charge in [-0.2, -0.15) is 5.10 Å². The normalized spacial score (nSPS) is 10.7. The third-order valence-electron chi connectivity index (χ3n) is 3.14. The second kappa shape index (κ2) is 5.43. The lowest BCUT2D eigenvalue weighted by Crippen LogP contribution is -1.98. The first kappa shape index (κ1) is 12.8. The molecule has 0 bridgehead atoms. The predicted molar refractivity (Wildman–Crippen MR) is 78.1 cm³/mol. The van der Waals surface area contributed by atoms with Crippen LogP contribution in [0.4, 0.5) is 0 Å². The fraction of sp³-hybridized carbons (Fsp3) is 0.133. The van der Waals surface area contributed by atoms with Gasteiger partial charge in [-0.15, -0.1) is 5.10 Å². The number of pyridine rings is 1. The number of hydrogen-bond acceptors (Lipinski definition) is 4. The molecule has 0 atom stereocenters. The van der Waals surface area contributed by atoms with Gasteiger partial charge in [0, 0.05) is 29.6 Å². The quantitative estimate of drug-likeness (QED) is 0.741. The van der Waals surface area contributed by atoms with E-state index in [1.807, 2.05) is 30.3 Å².